The fourth-order valence-corrected chi connectivity index (χ4v) is 3.42. The van der Waals surface area contributed by atoms with Crippen molar-refractivity contribution in [3.8, 4) is 0 Å². The largest absolute Gasteiger partial charge is 0.341 e. The highest BCUT2D eigenvalue weighted by Crippen LogP contribution is 2.28. The van der Waals surface area contributed by atoms with Crippen LogP contribution in [0.4, 0.5) is 0 Å². The van der Waals surface area contributed by atoms with Crippen LogP contribution in [0.15, 0.2) is 24.5 Å². The summed E-state index contributed by atoms with van der Waals surface area (Å²) in [4.78, 5) is 32.2. The van der Waals surface area contributed by atoms with Crippen LogP contribution in [0.5, 0.6) is 0 Å². The predicted molar refractivity (Wildman–Crippen MR) is 78.4 cm³/mol. The van der Waals surface area contributed by atoms with Gasteiger partial charge in [0.25, 0.3) is 0 Å². The Morgan fingerprint density at radius 3 is 2.86 bits per heavy atom. The lowest BCUT2D eigenvalue weighted by Crippen LogP contribution is -2.48. The van der Waals surface area contributed by atoms with Gasteiger partial charge in [-0.1, -0.05) is 6.07 Å². The van der Waals surface area contributed by atoms with E-state index in [-0.39, 0.29) is 17.9 Å². The van der Waals surface area contributed by atoms with Crippen LogP contribution >= 0.6 is 0 Å². The standard InChI is InChI=1S/C16H21N3O2/c1-12(20)18-9-14-4-5-15(11-18)19(10-14)16(21)7-13-3-2-6-17-8-13/h2-3,6,8,14-15H,4-5,7,9-11H2,1H3/t14-,15+/m1/s1. The molecule has 5 heteroatoms. The maximum atomic E-state index is 12.6. The number of aromatic nitrogens is 1. The highest BCUT2D eigenvalue weighted by atomic mass is 16.2. The van der Waals surface area contributed by atoms with E-state index in [4.69, 9.17) is 0 Å². The molecule has 21 heavy (non-hydrogen) atoms. The van der Waals surface area contributed by atoms with E-state index in [1.54, 1.807) is 19.3 Å². The summed E-state index contributed by atoms with van der Waals surface area (Å²) in [6.45, 7) is 3.88. The first-order chi connectivity index (χ1) is 10.1. The van der Waals surface area contributed by atoms with E-state index in [2.05, 4.69) is 4.98 Å². The lowest BCUT2D eigenvalue weighted by Gasteiger charge is -2.36. The van der Waals surface area contributed by atoms with Gasteiger partial charge in [-0.05, 0) is 30.4 Å². The minimum Gasteiger partial charge on any atom is -0.341 e. The van der Waals surface area contributed by atoms with Crippen molar-refractivity contribution in [2.75, 3.05) is 19.6 Å². The molecular formula is C16H21N3O2. The molecular weight excluding hydrogens is 266 g/mol. The molecule has 2 atom stereocenters. The second-order valence-electron chi connectivity index (χ2n) is 6.11. The molecule has 2 bridgehead atoms. The Morgan fingerprint density at radius 1 is 1.29 bits per heavy atom. The average molecular weight is 287 g/mol. The van der Waals surface area contributed by atoms with Gasteiger partial charge in [-0.25, -0.2) is 0 Å². The minimum atomic E-state index is 0.119. The van der Waals surface area contributed by atoms with Gasteiger partial charge in [-0.15, -0.1) is 0 Å². The second-order valence-corrected chi connectivity index (χ2v) is 6.11. The number of amides is 2. The summed E-state index contributed by atoms with van der Waals surface area (Å²) in [6.07, 6.45) is 5.98. The van der Waals surface area contributed by atoms with E-state index in [0.29, 0.717) is 18.9 Å². The van der Waals surface area contributed by atoms with Crippen LogP contribution in [-0.2, 0) is 16.0 Å². The van der Waals surface area contributed by atoms with Crippen molar-refractivity contribution in [1.82, 2.24) is 14.8 Å². The Morgan fingerprint density at radius 2 is 2.14 bits per heavy atom. The maximum Gasteiger partial charge on any atom is 0.227 e. The van der Waals surface area contributed by atoms with Crippen molar-refractivity contribution >= 4 is 11.8 Å². The van der Waals surface area contributed by atoms with E-state index in [0.717, 1.165) is 31.5 Å². The van der Waals surface area contributed by atoms with Crippen LogP contribution in [-0.4, -0.2) is 52.3 Å². The van der Waals surface area contributed by atoms with Gasteiger partial charge in [0, 0.05) is 45.0 Å². The molecule has 0 radical (unpaired) electrons. The quantitative estimate of drug-likeness (QED) is 0.818. The molecule has 3 saturated heterocycles. The summed E-state index contributed by atoms with van der Waals surface area (Å²) >= 11 is 0. The number of rotatable bonds is 2. The number of nitrogens with zero attached hydrogens (tertiary/aromatic N) is 3. The summed E-state index contributed by atoms with van der Waals surface area (Å²) in [5, 5.41) is 0. The lowest BCUT2D eigenvalue weighted by atomic mass is 9.94. The third-order valence-corrected chi connectivity index (χ3v) is 4.56. The van der Waals surface area contributed by atoms with Crippen molar-refractivity contribution in [3.63, 3.8) is 0 Å². The van der Waals surface area contributed by atoms with E-state index >= 15 is 0 Å². The van der Waals surface area contributed by atoms with Gasteiger partial charge < -0.3 is 9.80 Å². The van der Waals surface area contributed by atoms with E-state index in [1.807, 2.05) is 21.9 Å². The molecule has 1 aromatic rings. The Hall–Kier alpha value is -1.91. The second kappa shape index (κ2) is 5.84. The Bertz CT molecular complexity index is 532. The smallest absolute Gasteiger partial charge is 0.227 e. The molecule has 5 nitrogen and oxygen atoms in total. The number of carbonyl (C=O) groups is 2. The topological polar surface area (TPSA) is 53.5 Å². The molecule has 1 aromatic heterocycles. The number of pyridine rings is 1. The summed E-state index contributed by atoms with van der Waals surface area (Å²) in [5.41, 5.74) is 0.950. The zero-order valence-corrected chi connectivity index (χ0v) is 12.4. The van der Waals surface area contributed by atoms with Crippen LogP contribution in [0.25, 0.3) is 0 Å². The normalized spacial score (nSPS) is 24.8. The molecule has 112 valence electrons. The number of carbonyl (C=O) groups excluding carboxylic acids is 2. The Labute approximate surface area is 124 Å². The molecule has 0 unspecified atom stereocenters. The highest BCUT2D eigenvalue weighted by molar-refractivity contribution is 5.79. The van der Waals surface area contributed by atoms with Crippen LogP contribution < -0.4 is 0 Å². The zero-order valence-electron chi connectivity index (χ0n) is 12.4. The first kappa shape index (κ1) is 14.0. The third-order valence-electron chi connectivity index (χ3n) is 4.56. The van der Waals surface area contributed by atoms with Crippen LogP contribution in [0.2, 0.25) is 0 Å². The van der Waals surface area contributed by atoms with Crippen LogP contribution in [0.1, 0.15) is 25.3 Å². The van der Waals surface area contributed by atoms with E-state index in [1.165, 1.54) is 0 Å². The predicted octanol–water partition coefficient (Wildman–Crippen LogP) is 1.09. The first-order valence-electron chi connectivity index (χ1n) is 7.57. The van der Waals surface area contributed by atoms with Gasteiger partial charge in [0.2, 0.25) is 11.8 Å². The summed E-state index contributed by atoms with van der Waals surface area (Å²) in [5.74, 6) is 0.696. The summed E-state index contributed by atoms with van der Waals surface area (Å²) < 4.78 is 0. The van der Waals surface area contributed by atoms with Crippen molar-refractivity contribution in [2.45, 2.75) is 32.2 Å². The van der Waals surface area contributed by atoms with Crippen molar-refractivity contribution < 1.29 is 9.59 Å². The first-order valence-corrected chi connectivity index (χ1v) is 7.57. The minimum absolute atomic E-state index is 0.119. The number of hydrogen-bond acceptors (Lipinski definition) is 3. The molecule has 4 rings (SSSR count). The van der Waals surface area contributed by atoms with Gasteiger partial charge in [0.1, 0.15) is 0 Å². The lowest BCUT2D eigenvalue weighted by molar-refractivity contribution is -0.135. The fraction of sp³-hybridized carbons (Fsp3) is 0.562. The van der Waals surface area contributed by atoms with E-state index in [9.17, 15) is 9.59 Å². The fourth-order valence-electron chi connectivity index (χ4n) is 3.42. The van der Waals surface area contributed by atoms with Crippen LogP contribution in [0.3, 0.4) is 0 Å². The molecule has 0 aliphatic carbocycles. The van der Waals surface area contributed by atoms with Gasteiger partial charge in [0.15, 0.2) is 0 Å². The van der Waals surface area contributed by atoms with Crippen molar-refractivity contribution in [2.24, 2.45) is 5.92 Å². The Kier molecular flexibility index (Phi) is 3.90. The SMILES string of the molecule is CC(=O)N1C[C@H]2CC[C@@H](C1)N(C(=O)Cc1cccnc1)C2. The zero-order chi connectivity index (χ0) is 14.8. The molecule has 3 fully saturated rings. The number of piperidine rings is 1. The van der Waals surface area contributed by atoms with Crippen LogP contribution in [0, 0.1) is 5.92 Å². The Balaban J connectivity index is 1.71. The number of hydrogen-bond donors (Lipinski definition) is 0. The van der Waals surface area contributed by atoms with Gasteiger partial charge in [-0.3, -0.25) is 14.6 Å². The highest BCUT2D eigenvalue weighted by Gasteiger charge is 2.37. The monoisotopic (exact) mass is 287 g/mol. The van der Waals surface area contributed by atoms with Crippen molar-refractivity contribution in [3.05, 3.63) is 30.1 Å². The molecule has 0 N–H and O–H groups in total. The molecule has 3 aliphatic heterocycles. The molecule has 2 amide bonds. The maximum absolute atomic E-state index is 12.6. The molecule has 4 heterocycles. The summed E-state index contributed by atoms with van der Waals surface area (Å²) in [6, 6.07) is 3.97. The molecule has 0 spiro atoms. The molecule has 0 aromatic carbocycles. The average Bonchev–Trinajstić information content (AvgIpc) is 2.80. The van der Waals surface area contributed by atoms with Gasteiger partial charge in [-0.2, -0.15) is 0 Å². The van der Waals surface area contributed by atoms with Gasteiger partial charge in [0.05, 0.1) is 6.42 Å². The molecule has 3 aliphatic rings. The van der Waals surface area contributed by atoms with Gasteiger partial charge >= 0.3 is 0 Å². The van der Waals surface area contributed by atoms with E-state index < -0.39 is 0 Å². The third kappa shape index (κ3) is 3.06. The molecule has 0 saturated carbocycles. The van der Waals surface area contributed by atoms with Crippen molar-refractivity contribution in [1.29, 1.82) is 0 Å². The number of fused-ring (bicyclic) bond motifs is 4. The summed E-state index contributed by atoms with van der Waals surface area (Å²) in [7, 11) is 0.